The Morgan fingerprint density at radius 3 is 2.59 bits per heavy atom. The van der Waals surface area contributed by atoms with E-state index in [0.717, 1.165) is 30.8 Å². The summed E-state index contributed by atoms with van der Waals surface area (Å²) in [5.41, 5.74) is 0.972. The molecule has 2 saturated heterocycles. The summed E-state index contributed by atoms with van der Waals surface area (Å²) in [5.74, 6) is 1.10. The fourth-order valence-electron chi connectivity index (χ4n) is 4.09. The number of piperidine rings is 2. The van der Waals surface area contributed by atoms with Gasteiger partial charge in [0, 0.05) is 19.5 Å². The molecule has 2 aliphatic rings. The number of hydrogen-bond acceptors (Lipinski definition) is 4. The highest BCUT2D eigenvalue weighted by molar-refractivity contribution is 5.85. The molecule has 0 radical (unpaired) electrons. The third-order valence-corrected chi connectivity index (χ3v) is 5.77. The van der Waals surface area contributed by atoms with Gasteiger partial charge in [-0.3, -0.25) is 9.59 Å². The molecule has 0 spiro atoms. The van der Waals surface area contributed by atoms with E-state index in [1.807, 2.05) is 24.3 Å². The molecule has 7 heteroatoms. The van der Waals surface area contributed by atoms with E-state index < -0.39 is 0 Å². The molecule has 27 heavy (non-hydrogen) atoms. The Balaban J connectivity index is 0.00000261. The van der Waals surface area contributed by atoms with Gasteiger partial charge in [0.05, 0.1) is 19.1 Å². The van der Waals surface area contributed by atoms with Crippen molar-refractivity contribution in [1.29, 1.82) is 0 Å². The van der Waals surface area contributed by atoms with E-state index in [0.29, 0.717) is 18.8 Å². The molecule has 2 heterocycles. The van der Waals surface area contributed by atoms with Gasteiger partial charge in [-0.2, -0.15) is 0 Å². The average Bonchev–Trinajstić information content (AvgIpc) is 2.65. The van der Waals surface area contributed by atoms with Crippen molar-refractivity contribution in [3.63, 3.8) is 0 Å². The Morgan fingerprint density at radius 1 is 1.26 bits per heavy atom. The van der Waals surface area contributed by atoms with Crippen LogP contribution in [0.3, 0.4) is 0 Å². The van der Waals surface area contributed by atoms with Crippen molar-refractivity contribution in [2.45, 2.75) is 38.3 Å². The minimum Gasteiger partial charge on any atom is -0.497 e. The van der Waals surface area contributed by atoms with Gasteiger partial charge in [-0.05, 0) is 49.5 Å². The fourth-order valence-corrected chi connectivity index (χ4v) is 4.09. The zero-order valence-electron chi connectivity index (χ0n) is 16.2. The van der Waals surface area contributed by atoms with E-state index in [2.05, 4.69) is 17.6 Å². The Hall–Kier alpha value is -1.79. The second-order valence-corrected chi connectivity index (χ2v) is 7.45. The van der Waals surface area contributed by atoms with E-state index >= 15 is 0 Å². The molecule has 2 aliphatic heterocycles. The monoisotopic (exact) mass is 395 g/mol. The van der Waals surface area contributed by atoms with E-state index in [-0.39, 0.29) is 42.2 Å². The lowest BCUT2D eigenvalue weighted by molar-refractivity contribution is -0.142. The fraction of sp³-hybridized carbons (Fsp3) is 0.600. The summed E-state index contributed by atoms with van der Waals surface area (Å²) in [6.45, 7) is 4.02. The van der Waals surface area contributed by atoms with E-state index in [1.54, 1.807) is 19.1 Å². The number of ether oxygens (including phenoxy) is 1. The molecule has 4 atom stereocenters. The first-order chi connectivity index (χ1) is 12.5. The van der Waals surface area contributed by atoms with E-state index in [4.69, 9.17) is 4.74 Å². The van der Waals surface area contributed by atoms with Crippen molar-refractivity contribution >= 4 is 24.2 Å². The standard InChI is InChI=1S/C20H29N3O3.ClH/c1-13-12-21-11-10-17(13)22-20(25)16-8-9-18(24)23(2)19(16)14-4-6-15(26-3)7-5-14;/h4-7,13,16-17,19,21H,8-12H2,1-3H3,(H,22,25);1H. The number of likely N-dealkylation sites (tertiary alicyclic amines) is 1. The molecule has 0 aromatic heterocycles. The summed E-state index contributed by atoms with van der Waals surface area (Å²) in [7, 11) is 3.42. The third kappa shape index (κ3) is 4.74. The van der Waals surface area contributed by atoms with Crippen LogP contribution in [0.15, 0.2) is 24.3 Å². The number of carbonyl (C=O) groups is 2. The van der Waals surface area contributed by atoms with Gasteiger partial charge in [0.15, 0.2) is 0 Å². The second kappa shape index (κ2) is 9.42. The zero-order valence-corrected chi connectivity index (χ0v) is 17.1. The van der Waals surface area contributed by atoms with Crippen LogP contribution in [0.4, 0.5) is 0 Å². The average molecular weight is 396 g/mol. The first kappa shape index (κ1) is 21.5. The number of carbonyl (C=O) groups excluding carboxylic acids is 2. The van der Waals surface area contributed by atoms with Gasteiger partial charge in [-0.1, -0.05) is 19.1 Å². The molecule has 2 fully saturated rings. The number of nitrogens with zero attached hydrogens (tertiary/aromatic N) is 1. The molecule has 2 amide bonds. The smallest absolute Gasteiger partial charge is 0.225 e. The van der Waals surface area contributed by atoms with E-state index in [1.165, 1.54) is 0 Å². The maximum Gasteiger partial charge on any atom is 0.225 e. The predicted octanol–water partition coefficient (Wildman–Crippen LogP) is 2.14. The molecule has 3 rings (SSSR count). The lowest BCUT2D eigenvalue weighted by Crippen LogP contribution is -2.52. The van der Waals surface area contributed by atoms with Crippen LogP contribution >= 0.6 is 12.4 Å². The maximum absolute atomic E-state index is 13.1. The number of methoxy groups -OCH3 is 1. The van der Waals surface area contributed by atoms with Gasteiger partial charge in [-0.15, -0.1) is 12.4 Å². The van der Waals surface area contributed by atoms with Crippen molar-refractivity contribution in [3.8, 4) is 5.75 Å². The molecule has 6 nitrogen and oxygen atoms in total. The minimum absolute atomic E-state index is 0. The Kier molecular flexibility index (Phi) is 7.50. The topological polar surface area (TPSA) is 70.7 Å². The third-order valence-electron chi connectivity index (χ3n) is 5.77. The second-order valence-electron chi connectivity index (χ2n) is 7.45. The van der Waals surface area contributed by atoms with Gasteiger partial charge < -0.3 is 20.3 Å². The van der Waals surface area contributed by atoms with Crippen LogP contribution in [-0.2, 0) is 9.59 Å². The number of amides is 2. The summed E-state index contributed by atoms with van der Waals surface area (Å²) in [6.07, 6.45) is 1.95. The first-order valence-electron chi connectivity index (χ1n) is 9.42. The minimum atomic E-state index is -0.237. The zero-order chi connectivity index (χ0) is 18.7. The molecule has 4 unspecified atom stereocenters. The van der Waals surface area contributed by atoms with Crippen molar-refractivity contribution in [3.05, 3.63) is 29.8 Å². The lowest BCUT2D eigenvalue weighted by Gasteiger charge is -2.40. The first-order valence-corrected chi connectivity index (χ1v) is 9.42. The molecule has 1 aromatic rings. The SMILES string of the molecule is COc1ccc(C2C(C(=O)NC3CCNCC3C)CCC(=O)N2C)cc1.Cl. The van der Waals surface area contributed by atoms with Crippen LogP contribution in [0.25, 0.3) is 0 Å². The number of nitrogens with one attached hydrogen (secondary N) is 2. The van der Waals surface area contributed by atoms with Crippen molar-refractivity contribution in [1.82, 2.24) is 15.5 Å². The number of halogens is 1. The van der Waals surface area contributed by atoms with Gasteiger partial charge in [0.2, 0.25) is 11.8 Å². The Morgan fingerprint density at radius 2 is 1.96 bits per heavy atom. The van der Waals surface area contributed by atoms with Crippen LogP contribution in [0.5, 0.6) is 5.75 Å². The number of hydrogen-bond donors (Lipinski definition) is 2. The number of rotatable bonds is 4. The van der Waals surface area contributed by atoms with Gasteiger partial charge in [0.1, 0.15) is 5.75 Å². The molecule has 0 saturated carbocycles. The Labute approximate surface area is 167 Å². The highest BCUT2D eigenvalue weighted by atomic mass is 35.5. The van der Waals surface area contributed by atoms with Crippen LogP contribution in [0.1, 0.15) is 37.8 Å². The molecule has 0 bridgehead atoms. The van der Waals surface area contributed by atoms with Crippen LogP contribution in [-0.4, -0.2) is 50.0 Å². The highest BCUT2D eigenvalue weighted by Gasteiger charge is 2.39. The van der Waals surface area contributed by atoms with Crippen LogP contribution in [0, 0.1) is 11.8 Å². The summed E-state index contributed by atoms with van der Waals surface area (Å²) in [6, 6.07) is 7.62. The van der Waals surface area contributed by atoms with Crippen molar-refractivity contribution < 1.29 is 14.3 Å². The van der Waals surface area contributed by atoms with Crippen LogP contribution in [0.2, 0.25) is 0 Å². The van der Waals surface area contributed by atoms with Crippen molar-refractivity contribution in [2.75, 3.05) is 27.2 Å². The van der Waals surface area contributed by atoms with Gasteiger partial charge >= 0.3 is 0 Å². The van der Waals surface area contributed by atoms with E-state index in [9.17, 15) is 9.59 Å². The molecule has 0 aliphatic carbocycles. The Bertz CT molecular complexity index is 652. The molecule has 2 N–H and O–H groups in total. The lowest BCUT2D eigenvalue weighted by atomic mass is 9.83. The van der Waals surface area contributed by atoms with Crippen molar-refractivity contribution in [2.24, 2.45) is 11.8 Å². The summed E-state index contributed by atoms with van der Waals surface area (Å²) in [4.78, 5) is 27.1. The van der Waals surface area contributed by atoms with Gasteiger partial charge in [-0.25, -0.2) is 0 Å². The van der Waals surface area contributed by atoms with Crippen LogP contribution < -0.4 is 15.4 Å². The van der Waals surface area contributed by atoms with Gasteiger partial charge in [0.25, 0.3) is 0 Å². The number of benzene rings is 1. The molecular formula is C20H30ClN3O3. The largest absolute Gasteiger partial charge is 0.497 e. The predicted molar refractivity (Wildman–Crippen MR) is 107 cm³/mol. The molecular weight excluding hydrogens is 366 g/mol. The quantitative estimate of drug-likeness (QED) is 0.819. The highest BCUT2D eigenvalue weighted by Crippen LogP contribution is 2.36. The normalized spacial score (nSPS) is 28.3. The molecule has 150 valence electrons. The summed E-state index contributed by atoms with van der Waals surface area (Å²) >= 11 is 0. The maximum atomic E-state index is 13.1. The molecule has 1 aromatic carbocycles. The summed E-state index contributed by atoms with van der Waals surface area (Å²) < 4.78 is 5.23. The summed E-state index contributed by atoms with van der Waals surface area (Å²) in [5, 5.41) is 6.61.